The van der Waals surface area contributed by atoms with Crippen LogP contribution in [0.25, 0.3) is 5.69 Å². The fourth-order valence-electron chi connectivity index (χ4n) is 2.55. The molecule has 124 valence electrons. The van der Waals surface area contributed by atoms with Gasteiger partial charge in [0.25, 0.3) is 5.69 Å². The summed E-state index contributed by atoms with van der Waals surface area (Å²) in [5.74, 6) is -0.696. The Kier molecular flexibility index (Phi) is 4.04. The number of hydrogen-bond acceptors (Lipinski definition) is 6. The number of H-pyrrole nitrogens is 1. The molecular weight excluding hydrogens is 324 g/mol. The Labute approximate surface area is 132 Å². The Morgan fingerprint density at radius 3 is 2.35 bits per heavy atom. The molecule has 1 fully saturated rings. The van der Waals surface area contributed by atoms with E-state index in [-0.39, 0.29) is 17.1 Å². The Morgan fingerprint density at radius 1 is 1.22 bits per heavy atom. The third kappa shape index (κ3) is 3.19. The topological polar surface area (TPSA) is 109 Å². The van der Waals surface area contributed by atoms with Gasteiger partial charge >= 0.3 is 5.76 Å². The van der Waals surface area contributed by atoms with Crippen molar-refractivity contribution >= 4 is 10.0 Å². The minimum Gasteiger partial charge on any atom is -0.373 e. The van der Waals surface area contributed by atoms with Crippen molar-refractivity contribution in [1.29, 1.82) is 0 Å². The van der Waals surface area contributed by atoms with E-state index < -0.39 is 15.8 Å². The molecule has 2 aromatic rings. The number of ether oxygens (including phenoxy) is 1. The summed E-state index contributed by atoms with van der Waals surface area (Å²) in [7, 11) is -3.59. The van der Waals surface area contributed by atoms with Gasteiger partial charge in [0.2, 0.25) is 15.3 Å². The highest BCUT2D eigenvalue weighted by atomic mass is 32.2. The number of hydrogen-bond donors (Lipinski definition) is 1. The maximum absolute atomic E-state index is 12.7. The first kappa shape index (κ1) is 15.8. The SMILES string of the molecule is CC1CN(S(=O)(=O)c2ccc(-[n+]3noc(=O)[nH]3)cc2)CC(C)O1. The normalized spacial score (nSPS) is 23.0. The van der Waals surface area contributed by atoms with Crippen molar-refractivity contribution < 1.29 is 22.5 Å². The van der Waals surface area contributed by atoms with Crippen LogP contribution in [0.1, 0.15) is 13.8 Å². The smallest absolute Gasteiger partial charge is 0.373 e. The van der Waals surface area contributed by atoms with Crippen LogP contribution in [0.4, 0.5) is 0 Å². The van der Waals surface area contributed by atoms with Crippen LogP contribution in [0.2, 0.25) is 0 Å². The van der Waals surface area contributed by atoms with Crippen molar-refractivity contribution in [2.24, 2.45) is 0 Å². The second-order valence-corrected chi connectivity index (χ2v) is 7.40. The zero-order chi connectivity index (χ0) is 16.6. The van der Waals surface area contributed by atoms with Gasteiger partial charge in [-0.3, -0.25) is 0 Å². The van der Waals surface area contributed by atoms with Gasteiger partial charge < -0.3 is 4.74 Å². The van der Waals surface area contributed by atoms with Crippen molar-refractivity contribution in [2.75, 3.05) is 13.1 Å². The predicted octanol–water partition coefficient (Wildman–Crippen LogP) is -0.562. The maximum Gasteiger partial charge on any atom is 0.493 e. The van der Waals surface area contributed by atoms with Gasteiger partial charge in [0.1, 0.15) is 0 Å². The van der Waals surface area contributed by atoms with E-state index in [4.69, 9.17) is 4.74 Å². The minimum absolute atomic E-state index is 0.149. The van der Waals surface area contributed by atoms with Crippen LogP contribution in [0.5, 0.6) is 0 Å². The fraction of sp³-hybridized carbons (Fsp3) is 0.462. The number of nitrogens with one attached hydrogen (secondary N) is 1. The first-order valence-electron chi connectivity index (χ1n) is 7.10. The quantitative estimate of drug-likeness (QED) is 0.749. The number of benzene rings is 1. The van der Waals surface area contributed by atoms with Gasteiger partial charge in [-0.1, -0.05) is 5.10 Å². The van der Waals surface area contributed by atoms with Crippen LogP contribution in [-0.2, 0) is 14.8 Å². The summed E-state index contributed by atoms with van der Waals surface area (Å²) in [5, 5.41) is 5.82. The van der Waals surface area contributed by atoms with E-state index in [1.807, 2.05) is 13.8 Å². The number of morpholine rings is 1. The maximum atomic E-state index is 12.7. The zero-order valence-electron chi connectivity index (χ0n) is 12.7. The summed E-state index contributed by atoms with van der Waals surface area (Å²) in [6.45, 7) is 4.33. The van der Waals surface area contributed by atoms with Crippen molar-refractivity contribution in [3.05, 3.63) is 34.8 Å². The Bertz CT molecular complexity index is 832. The molecule has 10 heteroatoms. The van der Waals surface area contributed by atoms with E-state index in [1.165, 1.54) is 16.4 Å². The zero-order valence-corrected chi connectivity index (χ0v) is 13.5. The molecule has 0 amide bonds. The summed E-state index contributed by atoms with van der Waals surface area (Å²) < 4.78 is 36.8. The standard InChI is InChI=1S/C13H16N4O5S/c1-9-7-16(8-10(2)21-9)23(19,20)12-5-3-11(4-6-12)17-14-13(18)22-15-17/h3-6,9-10H,7-8H2,1-2H3/p+1. The Hall–Kier alpha value is -2.04. The average molecular weight is 341 g/mol. The van der Waals surface area contributed by atoms with Crippen LogP contribution in [0, 0.1) is 0 Å². The molecule has 1 N–H and O–H groups in total. The molecule has 2 heterocycles. The Balaban J connectivity index is 1.87. The third-order valence-corrected chi connectivity index (χ3v) is 5.35. The van der Waals surface area contributed by atoms with Crippen LogP contribution >= 0.6 is 0 Å². The fourth-order valence-corrected chi connectivity index (χ4v) is 4.14. The van der Waals surface area contributed by atoms with E-state index in [2.05, 4.69) is 14.9 Å². The molecule has 1 aliphatic rings. The van der Waals surface area contributed by atoms with Gasteiger partial charge in [0.15, 0.2) is 0 Å². The lowest BCUT2D eigenvalue weighted by molar-refractivity contribution is -0.725. The summed E-state index contributed by atoms with van der Waals surface area (Å²) >= 11 is 0. The van der Waals surface area contributed by atoms with Gasteiger partial charge in [0.05, 0.1) is 21.9 Å². The molecule has 0 spiro atoms. The highest BCUT2D eigenvalue weighted by molar-refractivity contribution is 7.89. The van der Waals surface area contributed by atoms with Crippen molar-refractivity contribution in [2.45, 2.75) is 31.0 Å². The van der Waals surface area contributed by atoms with Gasteiger partial charge in [-0.2, -0.15) is 4.31 Å². The lowest BCUT2D eigenvalue weighted by Gasteiger charge is -2.34. The predicted molar refractivity (Wildman–Crippen MR) is 77.4 cm³/mol. The number of aromatic nitrogens is 3. The van der Waals surface area contributed by atoms with Gasteiger partial charge in [-0.15, -0.1) is 0 Å². The summed E-state index contributed by atoms with van der Waals surface area (Å²) in [5.41, 5.74) is 0.485. The number of rotatable bonds is 3. The average Bonchev–Trinajstić information content (AvgIpc) is 2.93. The molecule has 23 heavy (non-hydrogen) atoms. The molecule has 0 aliphatic carbocycles. The lowest BCUT2D eigenvalue weighted by Crippen LogP contribution is -2.48. The van der Waals surface area contributed by atoms with Crippen LogP contribution in [-0.4, -0.2) is 48.4 Å². The summed E-state index contributed by atoms with van der Waals surface area (Å²) in [4.78, 5) is 12.2. The number of sulfonamides is 1. The largest absolute Gasteiger partial charge is 0.493 e. The molecule has 1 aliphatic heterocycles. The molecule has 2 atom stereocenters. The first-order chi connectivity index (χ1) is 10.9. The summed E-state index contributed by atoms with van der Waals surface area (Å²) in [6, 6.07) is 6.02. The van der Waals surface area contributed by atoms with Crippen LogP contribution in [0.3, 0.4) is 0 Å². The highest BCUT2D eigenvalue weighted by Gasteiger charge is 2.32. The van der Waals surface area contributed by atoms with E-state index in [1.54, 1.807) is 12.1 Å². The minimum atomic E-state index is -3.59. The van der Waals surface area contributed by atoms with Crippen LogP contribution in [0.15, 0.2) is 38.5 Å². The van der Waals surface area contributed by atoms with E-state index in [0.29, 0.717) is 18.8 Å². The monoisotopic (exact) mass is 341 g/mol. The number of aromatic amines is 1. The molecular formula is C13H17N4O5S+. The molecule has 0 saturated carbocycles. The molecule has 2 unspecified atom stereocenters. The molecule has 0 radical (unpaired) electrons. The van der Waals surface area contributed by atoms with Crippen molar-refractivity contribution in [3.63, 3.8) is 0 Å². The van der Waals surface area contributed by atoms with Gasteiger partial charge in [0, 0.05) is 25.2 Å². The van der Waals surface area contributed by atoms with Crippen molar-refractivity contribution in [1.82, 2.24) is 14.7 Å². The lowest BCUT2D eigenvalue weighted by atomic mass is 10.3. The first-order valence-corrected chi connectivity index (χ1v) is 8.54. The Morgan fingerprint density at radius 2 is 1.83 bits per heavy atom. The molecule has 1 saturated heterocycles. The van der Waals surface area contributed by atoms with E-state index in [0.717, 1.165) is 4.80 Å². The van der Waals surface area contributed by atoms with E-state index >= 15 is 0 Å². The molecule has 0 bridgehead atoms. The van der Waals surface area contributed by atoms with Gasteiger partial charge in [-0.25, -0.2) is 17.7 Å². The van der Waals surface area contributed by atoms with Crippen molar-refractivity contribution in [3.8, 4) is 5.69 Å². The van der Waals surface area contributed by atoms with E-state index in [9.17, 15) is 13.2 Å². The number of nitrogens with zero attached hydrogens (tertiary/aromatic N) is 3. The van der Waals surface area contributed by atoms with Gasteiger partial charge in [-0.05, 0) is 26.0 Å². The molecule has 1 aromatic heterocycles. The molecule has 9 nitrogen and oxygen atoms in total. The third-order valence-electron chi connectivity index (χ3n) is 3.51. The van der Waals surface area contributed by atoms with Crippen LogP contribution < -0.4 is 10.6 Å². The second-order valence-electron chi connectivity index (χ2n) is 5.46. The second kappa shape index (κ2) is 5.87. The molecule has 3 rings (SSSR count). The highest BCUT2D eigenvalue weighted by Crippen LogP contribution is 2.21. The summed E-state index contributed by atoms with van der Waals surface area (Å²) in [6.07, 6.45) is -0.299. The molecule has 1 aromatic carbocycles.